The van der Waals surface area contributed by atoms with E-state index in [1.807, 2.05) is 0 Å². The number of phenols is 1. The molecule has 0 bridgehead atoms. The molecular formula is C21H14BrN3O5S. The molecule has 156 valence electrons. The zero-order chi connectivity index (χ0) is 21.7. The highest BCUT2D eigenvalue weighted by molar-refractivity contribution is 9.10. The number of carbonyl (C=O) groups excluding carboxylic acids is 1. The molecule has 1 atom stereocenters. The van der Waals surface area contributed by atoms with Crippen LogP contribution in [0.15, 0.2) is 55.6 Å². The van der Waals surface area contributed by atoms with Crippen LogP contribution in [0.5, 0.6) is 11.5 Å². The highest BCUT2D eigenvalue weighted by Crippen LogP contribution is 2.43. The van der Waals surface area contributed by atoms with Gasteiger partial charge >= 0.3 is 0 Å². The summed E-state index contributed by atoms with van der Waals surface area (Å²) in [7, 11) is 0. The van der Waals surface area contributed by atoms with Gasteiger partial charge in [-0.3, -0.25) is 14.5 Å². The van der Waals surface area contributed by atoms with Crippen LogP contribution in [0.4, 0.5) is 5.13 Å². The van der Waals surface area contributed by atoms with Gasteiger partial charge in [0, 0.05) is 4.47 Å². The van der Waals surface area contributed by atoms with Crippen molar-refractivity contribution in [2.75, 3.05) is 11.5 Å². The summed E-state index contributed by atoms with van der Waals surface area (Å²) in [4.78, 5) is 28.3. The number of rotatable bonds is 4. The molecule has 0 fully saturated rings. The molecule has 2 aromatic carbocycles. The molecule has 1 unspecified atom stereocenters. The van der Waals surface area contributed by atoms with Gasteiger partial charge in [-0.2, -0.15) is 0 Å². The molecule has 1 aliphatic heterocycles. The van der Waals surface area contributed by atoms with Crippen LogP contribution >= 0.6 is 27.3 Å². The van der Waals surface area contributed by atoms with Crippen molar-refractivity contribution in [2.24, 2.45) is 0 Å². The SMILES string of the molecule is CCOc1cc(C2c3c(oc4ccc(Br)cc4c3=O)C(=O)N2c2nncs2)ccc1O. The summed E-state index contributed by atoms with van der Waals surface area (Å²) in [5.74, 6) is -0.297. The van der Waals surface area contributed by atoms with Crippen LogP contribution in [-0.4, -0.2) is 27.8 Å². The Labute approximate surface area is 187 Å². The second-order valence-corrected chi connectivity index (χ2v) is 8.50. The van der Waals surface area contributed by atoms with E-state index in [0.29, 0.717) is 28.3 Å². The maximum atomic E-state index is 13.5. The van der Waals surface area contributed by atoms with Crippen molar-refractivity contribution in [3.05, 3.63) is 73.5 Å². The van der Waals surface area contributed by atoms with Gasteiger partial charge in [0.15, 0.2) is 16.9 Å². The smallest absolute Gasteiger partial charge is 0.297 e. The van der Waals surface area contributed by atoms with E-state index in [4.69, 9.17) is 9.15 Å². The van der Waals surface area contributed by atoms with E-state index in [9.17, 15) is 14.7 Å². The van der Waals surface area contributed by atoms with Crippen molar-refractivity contribution in [3.63, 3.8) is 0 Å². The third-order valence-electron chi connectivity index (χ3n) is 4.99. The summed E-state index contributed by atoms with van der Waals surface area (Å²) < 4.78 is 12.1. The number of halogens is 1. The predicted octanol–water partition coefficient (Wildman–Crippen LogP) is 4.26. The van der Waals surface area contributed by atoms with Gasteiger partial charge in [0.25, 0.3) is 5.91 Å². The van der Waals surface area contributed by atoms with Crippen molar-refractivity contribution in [3.8, 4) is 11.5 Å². The molecule has 1 aliphatic rings. The number of anilines is 1. The Morgan fingerprint density at radius 2 is 2.10 bits per heavy atom. The number of nitrogens with zero attached hydrogens (tertiary/aromatic N) is 3. The van der Waals surface area contributed by atoms with Crippen molar-refractivity contribution < 1.29 is 19.1 Å². The fourth-order valence-corrected chi connectivity index (χ4v) is 4.65. The van der Waals surface area contributed by atoms with Crippen LogP contribution in [-0.2, 0) is 0 Å². The Balaban J connectivity index is 1.80. The lowest BCUT2D eigenvalue weighted by atomic mass is 9.98. The number of ether oxygens (including phenoxy) is 1. The molecule has 0 saturated heterocycles. The van der Waals surface area contributed by atoms with E-state index in [1.165, 1.54) is 27.8 Å². The Kier molecular flexibility index (Phi) is 4.75. The molecule has 3 heterocycles. The highest BCUT2D eigenvalue weighted by atomic mass is 79.9. The minimum absolute atomic E-state index is 0.0351. The summed E-state index contributed by atoms with van der Waals surface area (Å²) in [5, 5.41) is 18.7. The van der Waals surface area contributed by atoms with Gasteiger partial charge < -0.3 is 14.3 Å². The summed E-state index contributed by atoms with van der Waals surface area (Å²) in [5.41, 5.74) is 2.30. The Morgan fingerprint density at radius 1 is 1.26 bits per heavy atom. The molecule has 0 saturated carbocycles. The molecule has 10 heteroatoms. The minimum atomic E-state index is -0.810. The lowest BCUT2D eigenvalue weighted by Gasteiger charge is -2.22. The van der Waals surface area contributed by atoms with Crippen LogP contribution in [0.1, 0.15) is 34.6 Å². The molecule has 0 radical (unpaired) electrons. The van der Waals surface area contributed by atoms with Crippen LogP contribution < -0.4 is 15.1 Å². The number of aromatic hydroxyl groups is 1. The number of carbonyl (C=O) groups is 1. The molecule has 31 heavy (non-hydrogen) atoms. The third-order valence-corrected chi connectivity index (χ3v) is 6.17. The maximum absolute atomic E-state index is 13.5. The minimum Gasteiger partial charge on any atom is -0.504 e. The Bertz CT molecular complexity index is 1390. The number of hydrogen-bond acceptors (Lipinski definition) is 8. The second kappa shape index (κ2) is 7.47. The fraction of sp³-hybridized carbons (Fsp3) is 0.143. The molecular weight excluding hydrogens is 486 g/mol. The van der Waals surface area contributed by atoms with E-state index in [1.54, 1.807) is 37.3 Å². The lowest BCUT2D eigenvalue weighted by molar-refractivity contribution is 0.0970. The number of benzene rings is 2. The van der Waals surface area contributed by atoms with Crippen LogP contribution in [0.25, 0.3) is 11.0 Å². The molecule has 2 aromatic heterocycles. The largest absolute Gasteiger partial charge is 0.504 e. The zero-order valence-electron chi connectivity index (χ0n) is 16.0. The van der Waals surface area contributed by atoms with E-state index in [2.05, 4.69) is 26.1 Å². The molecule has 8 nitrogen and oxygen atoms in total. The number of phenolic OH excluding ortho intramolecular Hbond substituents is 1. The summed E-state index contributed by atoms with van der Waals surface area (Å²) >= 11 is 4.55. The van der Waals surface area contributed by atoms with Gasteiger partial charge in [0.1, 0.15) is 11.1 Å². The van der Waals surface area contributed by atoms with Crippen molar-refractivity contribution >= 4 is 49.3 Å². The average molecular weight is 500 g/mol. The van der Waals surface area contributed by atoms with Gasteiger partial charge in [0.05, 0.1) is 23.6 Å². The van der Waals surface area contributed by atoms with Crippen molar-refractivity contribution in [1.29, 1.82) is 0 Å². The fourth-order valence-electron chi connectivity index (χ4n) is 3.70. The molecule has 1 N–H and O–H groups in total. The van der Waals surface area contributed by atoms with Gasteiger partial charge in [-0.25, -0.2) is 0 Å². The molecule has 4 aromatic rings. The van der Waals surface area contributed by atoms with Crippen LogP contribution in [0, 0.1) is 0 Å². The lowest BCUT2D eigenvalue weighted by Crippen LogP contribution is -2.29. The van der Waals surface area contributed by atoms with Crippen LogP contribution in [0.3, 0.4) is 0 Å². The summed E-state index contributed by atoms with van der Waals surface area (Å²) in [6.07, 6.45) is 0. The first-order chi connectivity index (χ1) is 15.0. The zero-order valence-corrected chi connectivity index (χ0v) is 18.4. The third kappa shape index (κ3) is 3.10. The summed E-state index contributed by atoms with van der Waals surface area (Å²) in [6.45, 7) is 2.14. The average Bonchev–Trinajstić information content (AvgIpc) is 3.37. The molecule has 0 aliphatic carbocycles. The number of amides is 1. The first kappa shape index (κ1) is 19.7. The van der Waals surface area contributed by atoms with Gasteiger partial charge in [-0.15, -0.1) is 10.2 Å². The van der Waals surface area contributed by atoms with Crippen LogP contribution in [0.2, 0.25) is 0 Å². The van der Waals surface area contributed by atoms with Gasteiger partial charge in [-0.05, 0) is 42.8 Å². The molecule has 5 rings (SSSR count). The van der Waals surface area contributed by atoms with Gasteiger partial charge in [-0.1, -0.05) is 33.3 Å². The van der Waals surface area contributed by atoms with E-state index in [-0.39, 0.29) is 28.3 Å². The van der Waals surface area contributed by atoms with Crippen molar-refractivity contribution in [1.82, 2.24) is 10.2 Å². The second-order valence-electron chi connectivity index (χ2n) is 6.77. The number of aromatic nitrogens is 2. The quantitative estimate of drug-likeness (QED) is 0.446. The standard InChI is InChI=1S/C21H14BrN3O5S/c1-2-29-15-7-10(3-5-13(15)26)17-16-18(27)12-8-11(22)4-6-14(12)30-19(16)20(28)25(17)21-24-23-9-31-21/h3-9,17,26H,2H2,1H3. The van der Waals surface area contributed by atoms with E-state index >= 15 is 0 Å². The van der Waals surface area contributed by atoms with Crippen molar-refractivity contribution in [2.45, 2.75) is 13.0 Å². The van der Waals surface area contributed by atoms with E-state index < -0.39 is 11.9 Å². The Hall–Kier alpha value is -3.24. The topological polar surface area (TPSA) is 106 Å². The number of hydrogen-bond donors (Lipinski definition) is 1. The maximum Gasteiger partial charge on any atom is 0.297 e. The van der Waals surface area contributed by atoms with Gasteiger partial charge in [0.2, 0.25) is 10.9 Å². The summed E-state index contributed by atoms with van der Waals surface area (Å²) in [6, 6.07) is 8.97. The molecule has 0 spiro atoms. The first-order valence-electron chi connectivity index (χ1n) is 9.31. The Morgan fingerprint density at radius 3 is 2.84 bits per heavy atom. The predicted molar refractivity (Wildman–Crippen MR) is 118 cm³/mol. The van der Waals surface area contributed by atoms with E-state index in [0.717, 1.165) is 4.47 Å². The molecule has 1 amide bonds. The first-order valence-corrected chi connectivity index (χ1v) is 11.0. The normalized spacial score (nSPS) is 15.5. The highest BCUT2D eigenvalue weighted by Gasteiger charge is 2.45. The monoisotopic (exact) mass is 499 g/mol. The number of fused-ring (bicyclic) bond motifs is 2.